The van der Waals surface area contributed by atoms with Crippen LogP contribution in [0.3, 0.4) is 0 Å². The molecule has 1 aromatic rings. The molecule has 0 aromatic heterocycles. The third-order valence-corrected chi connectivity index (χ3v) is 2.77. The van der Waals surface area contributed by atoms with Crippen LogP contribution in [-0.2, 0) is 4.79 Å². The van der Waals surface area contributed by atoms with Gasteiger partial charge in [-0.2, -0.15) is 10.2 Å². The Bertz CT molecular complexity index is 523. The van der Waals surface area contributed by atoms with E-state index in [1.54, 1.807) is 6.21 Å². The molecule has 0 spiro atoms. The second-order valence-electron chi connectivity index (χ2n) is 4.35. The molecule has 0 saturated heterocycles. The lowest BCUT2D eigenvalue weighted by atomic mass is 10.0. The van der Waals surface area contributed by atoms with Crippen molar-refractivity contribution in [1.29, 1.82) is 0 Å². The standard InChI is InChI=1S/C13H15N3O2/c1-9-4-3-5-11(8-9)16-14-7-6-10(2)12(15-16)13(17)18/h3-5,7-8,10H,6H2,1-2H3,(H,17,18). The van der Waals surface area contributed by atoms with Crippen molar-refractivity contribution in [2.45, 2.75) is 20.3 Å². The van der Waals surface area contributed by atoms with Crippen molar-refractivity contribution in [3.63, 3.8) is 0 Å². The number of hydrogen-bond donors (Lipinski definition) is 1. The maximum absolute atomic E-state index is 11.1. The molecule has 1 N–H and O–H groups in total. The van der Waals surface area contributed by atoms with Gasteiger partial charge in [0, 0.05) is 12.1 Å². The van der Waals surface area contributed by atoms with E-state index in [0.717, 1.165) is 11.3 Å². The molecular formula is C13H15N3O2. The summed E-state index contributed by atoms with van der Waals surface area (Å²) >= 11 is 0. The Hall–Kier alpha value is -2.17. The van der Waals surface area contributed by atoms with Crippen molar-refractivity contribution in [2.75, 3.05) is 5.12 Å². The summed E-state index contributed by atoms with van der Waals surface area (Å²) in [6, 6.07) is 7.62. The molecule has 1 atom stereocenters. The highest BCUT2D eigenvalue weighted by molar-refractivity contribution is 6.36. The molecule has 0 bridgehead atoms. The Balaban J connectivity index is 2.40. The largest absolute Gasteiger partial charge is 0.477 e. The van der Waals surface area contributed by atoms with Gasteiger partial charge < -0.3 is 5.11 Å². The monoisotopic (exact) mass is 245 g/mol. The number of nitrogens with zero attached hydrogens (tertiary/aromatic N) is 3. The molecule has 94 valence electrons. The average molecular weight is 245 g/mol. The number of carboxylic acids is 1. The van der Waals surface area contributed by atoms with Gasteiger partial charge >= 0.3 is 5.97 Å². The van der Waals surface area contributed by atoms with Crippen molar-refractivity contribution < 1.29 is 9.90 Å². The van der Waals surface area contributed by atoms with E-state index in [0.29, 0.717) is 6.42 Å². The number of carboxylic acid groups (broad SMARTS) is 1. The normalized spacial score (nSPS) is 19.3. The van der Waals surface area contributed by atoms with Crippen LogP contribution in [-0.4, -0.2) is 23.0 Å². The first-order valence-electron chi connectivity index (χ1n) is 5.79. The van der Waals surface area contributed by atoms with E-state index >= 15 is 0 Å². The van der Waals surface area contributed by atoms with Gasteiger partial charge in [0.05, 0.1) is 5.69 Å². The highest BCUT2D eigenvalue weighted by Crippen LogP contribution is 2.20. The number of hydrogen-bond acceptors (Lipinski definition) is 4. The molecule has 0 saturated carbocycles. The number of rotatable bonds is 2. The highest BCUT2D eigenvalue weighted by Gasteiger charge is 2.21. The number of carbonyl (C=O) groups is 1. The minimum atomic E-state index is -0.995. The van der Waals surface area contributed by atoms with Gasteiger partial charge in [0.15, 0.2) is 5.71 Å². The van der Waals surface area contributed by atoms with Gasteiger partial charge in [0.25, 0.3) is 0 Å². The summed E-state index contributed by atoms with van der Waals surface area (Å²) in [4.78, 5) is 11.1. The molecule has 1 aliphatic heterocycles. The van der Waals surface area contributed by atoms with Crippen LogP contribution in [0.15, 0.2) is 34.5 Å². The maximum Gasteiger partial charge on any atom is 0.352 e. The molecule has 0 radical (unpaired) electrons. The Kier molecular flexibility index (Phi) is 3.41. The fourth-order valence-corrected chi connectivity index (χ4v) is 1.75. The van der Waals surface area contributed by atoms with E-state index in [9.17, 15) is 4.79 Å². The Morgan fingerprint density at radius 1 is 1.50 bits per heavy atom. The van der Waals surface area contributed by atoms with Crippen molar-refractivity contribution in [1.82, 2.24) is 0 Å². The van der Waals surface area contributed by atoms with Gasteiger partial charge in [-0.25, -0.2) is 4.79 Å². The SMILES string of the molecule is Cc1cccc(N2N=CCC(C)C(C(=O)O)=N2)c1. The van der Waals surface area contributed by atoms with Gasteiger partial charge in [-0.3, -0.25) is 0 Å². The number of aliphatic carboxylic acids is 1. The first kappa shape index (κ1) is 12.3. The van der Waals surface area contributed by atoms with E-state index in [2.05, 4.69) is 10.2 Å². The maximum atomic E-state index is 11.1. The minimum absolute atomic E-state index is 0.133. The molecule has 0 fully saturated rings. The van der Waals surface area contributed by atoms with Crippen LogP contribution in [0.1, 0.15) is 18.9 Å². The Morgan fingerprint density at radius 2 is 2.28 bits per heavy atom. The molecule has 1 aliphatic rings. The second-order valence-corrected chi connectivity index (χ2v) is 4.35. The zero-order valence-electron chi connectivity index (χ0n) is 10.4. The first-order valence-corrected chi connectivity index (χ1v) is 5.79. The van der Waals surface area contributed by atoms with Crippen molar-refractivity contribution >= 4 is 23.6 Å². The molecule has 5 heteroatoms. The van der Waals surface area contributed by atoms with Gasteiger partial charge in [-0.05, 0) is 31.0 Å². The molecule has 1 unspecified atom stereocenters. The molecule has 0 amide bonds. The van der Waals surface area contributed by atoms with Crippen molar-refractivity contribution in [3.8, 4) is 0 Å². The summed E-state index contributed by atoms with van der Waals surface area (Å²) in [6.45, 7) is 3.80. The van der Waals surface area contributed by atoms with Crippen LogP contribution in [0.5, 0.6) is 0 Å². The average Bonchev–Trinajstić information content (AvgIpc) is 2.51. The molecule has 1 heterocycles. The third-order valence-electron chi connectivity index (χ3n) is 2.77. The number of hydrazone groups is 2. The Labute approximate surface area is 105 Å². The fourth-order valence-electron chi connectivity index (χ4n) is 1.75. The quantitative estimate of drug-likeness (QED) is 0.869. The summed E-state index contributed by atoms with van der Waals surface area (Å²) in [5, 5.41) is 18.8. The van der Waals surface area contributed by atoms with Crippen LogP contribution in [0.4, 0.5) is 5.69 Å². The van der Waals surface area contributed by atoms with Crippen LogP contribution in [0.2, 0.25) is 0 Å². The van der Waals surface area contributed by atoms with E-state index in [1.165, 1.54) is 5.12 Å². The summed E-state index contributed by atoms with van der Waals surface area (Å²) in [5.74, 6) is -1.13. The van der Waals surface area contributed by atoms with Gasteiger partial charge in [0.2, 0.25) is 0 Å². The summed E-state index contributed by atoms with van der Waals surface area (Å²) in [7, 11) is 0. The fraction of sp³-hybridized carbons (Fsp3) is 0.308. The van der Waals surface area contributed by atoms with E-state index < -0.39 is 5.97 Å². The smallest absolute Gasteiger partial charge is 0.352 e. The van der Waals surface area contributed by atoms with Gasteiger partial charge in [-0.15, -0.1) is 5.10 Å². The number of aryl methyl sites for hydroxylation is 1. The molecule has 5 nitrogen and oxygen atoms in total. The van der Waals surface area contributed by atoms with Crippen LogP contribution in [0.25, 0.3) is 0 Å². The zero-order valence-corrected chi connectivity index (χ0v) is 10.4. The molecule has 18 heavy (non-hydrogen) atoms. The summed E-state index contributed by atoms with van der Waals surface area (Å²) < 4.78 is 0. The molecule has 1 aromatic carbocycles. The predicted octanol–water partition coefficient (Wildman–Crippen LogP) is 2.27. The Morgan fingerprint density at radius 3 is 2.94 bits per heavy atom. The molecule has 0 aliphatic carbocycles. The van der Waals surface area contributed by atoms with Crippen molar-refractivity contribution in [3.05, 3.63) is 29.8 Å². The lowest BCUT2D eigenvalue weighted by molar-refractivity contribution is -0.129. The summed E-state index contributed by atoms with van der Waals surface area (Å²) in [6.07, 6.45) is 2.28. The summed E-state index contributed by atoms with van der Waals surface area (Å²) in [5.41, 5.74) is 1.97. The zero-order chi connectivity index (χ0) is 13.1. The van der Waals surface area contributed by atoms with Gasteiger partial charge in [0.1, 0.15) is 0 Å². The number of benzene rings is 1. The molecular weight excluding hydrogens is 230 g/mol. The van der Waals surface area contributed by atoms with Crippen LogP contribution >= 0.6 is 0 Å². The second kappa shape index (κ2) is 5.00. The van der Waals surface area contributed by atoms with E-state index in [-0.39, 0.29) is 11.6 Å². The number of anilines is 1. The lowest BCUT2D eigenvalue weighted by Gasteiger charge is -2.13. The van der Waals surface area contributed by atoms with E-state index in [1.807, 2.05) is 38.1 Å². The van der Waals surface area contributed by atoms with Crippen molar-refractivity contribution in [2.24, 2.45) is 16.1 Å². The lowest BCUT2D eigenvalue weighted by Crippen LogP contribution is -2.23. The van der Waals surface area contributed by atoms with Gasteiger partial charge in [-0.1, -0.05) is 19.1 Å². The van der Waals surface area contributed by atoms with Crippen LogP contribution in [0, 0.1) is 12.8 Å². The highest BCUT2D eigenvalue weighted by atomic mass is 16.4. The molecule has 2 rings (SSSR count). The predicted molar refractivity (Wildman–Crippen MR) is 71.0 cm³/mol. The first-order chi connectivity index (χ1) is 8.58. The topological polar surface area (TPSA) is 65.3 Å². The van der Waals surface area contributed by atoms with Crippen LogP contribution < -0.4 is 5.12 Å². The van der Waals surface area contributed by atoms with E-state index in [4.69, 9.17) is 5.11 Å². The third kappa shape index (κ3) is 2.56. The minimum Gasteiger partial charge on any atom is -0.477 e.